The lowest BCUT2D eigenvalue weighted by Gasteiger charge is -2.34. The average Bonchev–Trinajstić information content (AvgIpc) is 2.46. The molecule has 0 amide bonds. The lowest BCUT2D eigenvalue weighted by molar-refractivity contribution is 0.380. The number of hydrogen-bond acceptors (Lipinski definition) is 6. The Hall–Kier alpha value is -1.41. The number of methoxy groups -OCH3 is 1. The number of sulfonamides is 1. The Morgan fingerprint density at radius 1 is 1.24 bits per heavy atom. The summed E-state index contributed by atoms with van der Waals surface area (Å²) in [5.74, 6) is 2.17. The van der Waals surface area contributed by atoms with Crippen molar-refractivity contribution in [1.29, 1.82) is 0 Å². The van der Waals surface area contributed by atoms with Gasteiger partial charge in [-0.05, 0) is 13.3 Å². The summed E-state index contributed by atoms with van der Waals surface area (Å²) in [6, 6.07) is 1.78. The minimum Gasteiger partial charge on any atom is -0.481 e. The molecule has 1 saturated heterocycles. The molecule has 0 atom stereocenters. The van der Waals surface area contributed by atoms with Gasteiger partial charge in [0.1, 0.15) is 11.6 Å². The highest BCUT2D eigenvalue weighted by Gasteiger charge is 2.26. The standard InChI is InChI=1S/C13H22N4O3S/c1-4-9-21(18,19)17-7-5-16(6-8-17)12-10-13(20-3)15-11(2)14-12/h10H,4-9H2,1-3H3. The van der Waals surface area contributed by atoms with Crippen molar-refractivity contribution in [3.8, 4) is 5.88 Å². The minimum atomic E-state index is -3.11. The van der Waals surface area contributed by atoms with Crippen molar-refractivity contribution in [3.05, 3.63) is 11.9 Å². The zero-order chi connectivity index (χ0) is 15.5. The monoisotopic (exact) mass is 314 g/mol. The molecule has 0 aromatic carbocycles. The first kappa shape index (κ1) is 16.0. The molecule has 0 unspecified atom stereocenters. The van der Waals surface area contributed by atoms with Crippen molar-refractivity contribution in [2.24, 2.45) is 0 Å². The van der Waals surface area contributed by atoms with Gasteiger partial charge in [-0.1, -0.05) is 6.92 Å². The van der Waals surface area contributed by atoms with Gasteiger partial charge < -0.3 is 9.64 Å². The number of piperazine rings is 1. The van der Waals surface area contributed by atoms with Crippen molar-refractivity contribution in [2.45, 2.75) is 20.3 Å². The summed E-state index contributed by atoms with van der Waals surface area (Å²) in [5, 5.41) is 0. The lowest BCUT2D eigenvalue weighted by Crippen LogP contribution is -2.49. The third-order valence-corrected chi connectivity index (χ3v) is 5.50. The normalized spacial score (nSPS) is 17.0. The highest BCUT2D eigenvalue weighted by Crippen LogP contribution is 2.19. The lowest BCUT2D eigenvalue weighted by atomic mass is 10.3. The topological polar surface area (TPSA) is 75.6 Å². The Morgan fingerprint density at radius 3 is 2.48 bits per heavy atom. The number of anilines is 1. The summed E-state index contributed by atoms with van der Waals surface area (Å²) < 4.78 is 30.8. The largest absolute Gasteiger partial charge is 0.481 e. The van der Waals surface area contributed by atoms with Crippen LogP contribution in [-0.4, -0.2) is 61.7 Å². The van der Waals surface area contributed by atoms with Gasteiger partial charge in [0.15, 0.2) is 0 Å². The van der Waals surface area contributed by atoms with E-state index in [0.29, 0.717) is 44.3 Å². The van der Waals surface area contributed by atoms with Gasteiger partial charge in [-0.3, -0.25) is 0 Å². The summed E-state index contributed by atoms with van der Waals surface area (Å²) in [6.07, 6.45) is 0.644. The Kier molecular flexibility index (Phi) is 5.00. The molecule has 118 valence electrons. The Labute approximate surface area is 126 Å². The van der Waals surface area contributed by atoms with Gasteiger partial charge in [-0.25, -0.2) is 13.4 Å². The predicted molar refractivity (Wildman–Crippen MR) is 81.2 cm³/mol. The van der Waals surface area contributed by atoms with E-state index >= 15 is 0 Å². The molecule has 1 aliphatic rings. The third kappa shape index (κ3) is 3.82. The third-order valence-electron chi connectivity index (χ3n) is 3.43. The molecule has 21 heavy (non-hydrogen) atoms. The van der Waals surface area contributed by atoms with Crippen LogP contribution in [0.1, 0.15) is 19.2 Å². The average molecular weight is 314 g/mol. The molecule has 0 aliphatic carbocycles. The number of hydrogen-bond donors (Lipinski definition) is 0. The molecular formula is C13H22N4O3S. The molecule has 1 aliphatic heterocycles. The van der Waals surface area contributed by atoms with Crippen LogP contribution in [-0.2, 0) is 10.0 Å². The molecule has 7 nitrogen and oxygen atoms in total. The van der Waals surface area contributed by atoms with E-state index in [-0.39, 0.29) is 5.75 Å². The van der Waals surface area contributed by atoms with E-state index in [4.69, 9.17) is 4.74 Å². The summed E-state index contributed by atoms with van der Waals surface area (Å²) >= 11 is 0. The van der Waals surface area contributed by atoms with Gasteiger partial charge in [0.2, 0.25) is 15.9 Å². The molecule has 0 saturated carbocycles. The zero-order valence-electron chi connectivity index (χ0n) is 12.7. The van der Waals surface area contributed by atoms with Crippen LogP contribution in [0.3, 0.4) is 0 Å². The van der Waals surface area contributed by atoms with E-state index in [1.165, 1.54) is 0 Å². The van der Waals surface area contributed by atoms with Crippen LogP contribution in [0.2, 0.25) is 0 Å². The van der Waals surface area contributed by atoms with Gasteiger partial charge >= 0.3 is 0 Å². The molecule has 0 bridgehead atoms. The van der Waals surface area contributed by atoms with Crippen molar-refractivity contribution in [3.63, 3.8) is 0 Å². The van der Waals surface area contributed by atoms with Crippen molar-refractivity contribution in [1.82, 2.24) is 14.3 Å². The van der Waals surface area contributed by atoms with Crippen LogP contribution in [0.15, 0.2) is 6.07 Å². The second kappa shape index (κ2) is 6.57. The van der Waals surface area contributed by atoms with Gasteiger partial charge in [-0.15, -0.1) is 0 Å². The molecule has 1 aromatic rings. The molecule has 8 heteroatoms. The Bertz CT molecular complexity index is 583. The Morgan fingerprint density at radius 2 is 1.90 bits per heavy atom. The van der Waals surface area contributed by atoms with Crippen molar-refractivity contribution in [2.75, 3.05) is 43.9 Å². The maximum atomic E-state index is 12.0. The molecule has 1 fully saturated rings. The predicted octanol–water partition coefficient (Wildman–Crippen LogP) is 0.655. The highest BCUT2D eigenvalue weighted by molar-refractivity contribution is 7.89. The van der Waals surface area contributed by atoms with Crippen LogP contribution in [0.5, 0.6) is 5.88 Å². The number of ether oxygens (including phenoxy) is 1. The smallest absolute Gasteiger partial charge is 0.218 e. The quantitative estimate of drug-likeness (QED) is 0.794. The van der Waals surface area contributed by atoms with E-state index in [9.17, 15) is 8.42 Å². The fourth-order valence-electron chi connectivity index (χ4n) is 2.37. The maximum Gasteiger partial charge on any atom is 0.218 e. The summed E-state index contributed by atoms with van der Waals surface area (Å²) in [7, 11) is -1.54. The van der Waals surface area contributed by atoms with E-state index < -0.39 is 10.0 Å². The minimum absolute atomic E-state index is 0.216. The van der Waals surface area contributed by atoms with E-state index in [2.05, 4.69) is 14.9 Å². The molecule has 1 aromatic heterocycles. The van der Waals surface area contributed by atoms with Crippen LogP contribution < -0.4 is 9.64 Å². The first-order valence-electron chi connectivity index (χ1n) is 7.08. The number of aryl methyl sites for hydroxylation is 1. The van der Waals surface area contributed by atoms with Crippen LogP contribution >= 0.6 is 0 Å². The van der Waals surface area contributed by atoms with Crippen LogP contribution in [0, 0.1) is 6.92 Å². The molecule has 0 radical (unpaired) electrons. The van der Waals surface area contributed by atoms with E-state index in [1.54, 1.807) is 17.5 Å². The van der Waals surface area contributed by atoms with E-state index in [1.807, 2.05) is 13.8 Å². The molecule has 2 heterocycles. The maximum absolute atomic E-state index is 12.0. The number of nitrogens with zero attached hydrogens (tertiary/aromatic N) is 4. The van der Waals surface area contributed by atoms with E-state index in [0.717, 1.165) is 5.82 Å². The van der Waals surface area contributed by atoms with Crippen LogP contribution in [0.4, 0.5) is 5.82 Å². The van der Waals surface area contributed by atoms with Crippen molar-refractivity contribution >= 4 is 15.8 Å². The number of rotatable bonds is 5. The second-order valence-electron chi connectivity index (χ2n) is 5.02. The first-order valence-corrected chi connectivity index (χ1v) is 8.69. The highest BCUT2D eigenvalue weighted by atomic mass is 32.2. The number of aromatic nitrogens is 2. The molecular weight excluding hydrogens is 292 g/mol. The fourth-order valence-corrected chi connectivity index (χ4v) is 3.87. The SMILES string of the molecule is CCCS(=O)(=O)N1CCN(c2cc(OC)nc(C)n2)CC1. The second-order valence-corrected chi connectivity index (χ2v) is 7.11. The summed E-state index contributed by atoms with van der Waals surface area (Å²) in [5.41, 5.74) is 0. The van der Waals surface area contributed by atoms with Crippen LogP contribution in [0.25, 0.3) is 0 Å². The molecule has 0 N–H and O–H groups in total. The molecule has 2 rings (SSSR count). The summed E-state index contributed by atoms with van der Waals surface area (Å²) in [6.45, 7) is 5.93. The fraction of sp³-hybridized carbons (Fsp3) is 0.692. The zero-order valence-corrected chi connectivity index (χ0v) is 13.6. The first-order chi connectivity index (χ1) is 9.96. The van der Waals surface area contributed by atoms with Crippen molar-refractivity contribution < 1.29 is 13.2 Å². The van der Waals surface area contributed by atoms with Gasteiger partial charge in [0.05, 0.1) is 12.9 Å². The molecule has 0 spiro atoms. The Balaban J connectivity index is 2.06. The van der Waals surface area contributed by atoms with Gasteiger partial charge in [0, 0.05) is 32.2 Å². The summed E-state index contributed by atoms with van der Waals surface area (Å²) in [4.78, 5) is 10.6. The van der Waals surface area contributed by atoms with Gasteiger partial charge in [0.25, 0.3) is 0 Å². The van der Waals surface area contributed by atoms with Gasteiger partial charge in [-0.2, -0.15) is 9.29 Å².